The zero-order valence-electron chi connectivity index (χ0n) is 23.2. The number of ether oxygens (including phenoxy) is 2. The number of rotatable bonds is 7. The van der Waals surface area contributed by atoms with Gasteiger partial charge in [-0.3, -0.25) is 19.3 Å². The van der Waals surface area contributed by atoms with E-state index in [2.05, 4.69) is 4.98 Å². The summed E-state index contributed by atoms with van der Waals surface area (Å²) in [5.41, 5.74) is 3.17. The molecule has 1 saturated heterocycles. The van der Waals surface area contributed by atoms with Crippen molar-refractivity contribution in [2.75, 3.05) is 7.11 Å². The van der Waals surface area contributed by atoms with Crippen LogP contribution in [0.2, 0.25) is 0 Å². The molecule has 7 unspecified atom stereocenters. The number of benzene rings is 2. The predicted octanol–water partition coefficient (Wildman–Crippen LogP) is 4.28. The largest absolute Gasteiger partial charge is 0.493 e. The molecule has 2 aromatic carbocycles. The molecular weight excluding hydrogens is 576 g/mol. The average molecular weight is 607 g/mol. The number of H-pyrrole nitrogens is 1. The molecule has 4 aliphatic rings. The molecule has 3 aromatic rings. The number of likely N-dealkylation sites (tertiary alicyclic amines) is 1. The lowest BCUT2D eigenvalue weighted by Crippen LogP contribution is -2.44. The van der Waals surface area contributed by atoms with Gasteiger partial charge in [0.15, 0.2) is 11.5 Å². The van der Waals surface area contributed by atoms with Crippen molar-refractivity contribution in [3.8, 4) is 11.5 Å². The highest BCUT2D eigenvalue weighted by molar-refractivity contribution is 8.00. The number of carboxylic acid groups (broad SMARTS) is 1. The van der Waals surface area contributed by atoms with Crippen molar-refractivity contribution >= 4 is 40.9 Å². The number of aromatic amines is 1. The molecule has 218 valence electrons. The Bertz CT molecular complexity index is 1660. The van der Waals surface area contributed by atoms with Crippen LogP contribution in [-0.4, -0.2) is 51.2 Å². The summed E-state index contributed by atoms with van der Waals surface area (Å²) in [6.07, 6.45) is 0.731. The number of hydrogen-bond donors (Lipinski definition) is 2. The van der Waals surface area contributed by atoms with Crippen LogP contribution in [0.1, 0.15) is 40.8 Å². The van der Waals surface area contributed by atoms with Gasteiger partial charge in [0.25, 0.3) is 0 Å². The van der Waals surface area contributed by atoms with E-state index >= 15 is 0 Å². The first-order valence-electron chi connectivity index (χ1n) is 14.0. The number of hydrogen-bond acceptors (Lipinski definition) is 8. The number of thioether (sulfide) groups is 1. The summed E-state index contributed by atoms with van der Waals surface area (Å²) in [6.45, 7) is 3.82. The van der Waals surface area contributed by atoms with Crippen molar-refractivity contribution in [2.45, 2.75) is 49.1 Å². The second-order valence-electron chi connectivity index (χ2n) is 11.7. The molecule has 0 spiro atoms. The number of aromatic nitrogens is 1. The number of fused-ring (bicyclic) bond motifs is 9. The van der Waals surface area contributed by atoms with Crippen molar-refractivity contribution in [3.05, 3.63) is 73.7 Å². The molecule has 2 bridgehead atoms. The number of nitrogens with one attached hydrogen (secondary N) is 1. The summed E-state index contributed by atoms with van der Waals surface area (Å²) < 4.78 is 11.9. The Morgan fingerprint density at radius 2 is 1.79 bits per heavy atom. The van der Waals surface area contributed by atoms with Crippen LogP contribution in [0.5, 0.6) is 11.5 Å². The molecule has 11 heteroatoms. The third-order valence-corrected chi connectivity index (χ3v) is 12.2. The van der Waals surface area contributed by atoms with Crippen LogP contribution in [0.3, 0.4) is 0 Å². The Labute approximate surface area is 250 Å². The normalized spacial score (nSPS) is 29.7. The number of aryl methyl sites for hydroxylation is 1. The van der Waals surface area contributed by atoms with E-state index in [-0.39, 0.29) is 45.6 Å². The Balaban J connectivity index is 1.24. The molecule has 1 aromatic heterocycles. The first-order valence-corrected chi connectivity index (χ1v) is 15.7. The number of carbonyl (C=O) groups is 3. The summed E-state index contributed by atoms with van der Waals surface area (Å²) in [4.78, 5) is 56.1. The predicted molar refractivity (Wildman–Crippen MR) is 156 cm³/mol. The van der Waals surface area contributed by atoms with E-state index in [1.54, 1.807) is 18.9 Å². The van der Waals surface area contributed by atoms with Gasteiger partial charge in [-0.1, -0.05) is 47.2 Å². The van der Waals surface area contributed by atoms with E-state index in [0.29, 0.717) is 18.1 Å². The molecular formula is C31H30N2O7S2. The lowest BCUT2D eigenvalue weighted by molar-refractivity contribution is -0.154. The number of methoxy groups -OCH3 is 1. The fourth-order valence-electron chi connectivity index (χ4n) is 7.75. The number of carboxylic acids is 1. The molecule has 0 radical (unpaired) electrons. The summed E-state index contributed by atoms with van der Waals surface area (Å²) in [7, 11) is 1.60. The highest BCUT2D eigenvalue weighted by atomic mass is 32.2. The maximum Gasteiger partial charge on any atom is 0.326 e. The van der Waals surface area contributed by atoms with Gasteiger partial charge in [-0.2, -0.15) is 0 Å². The Hall–Kier alpha value is -3.57. The van der Waals surface area contributed by atoms with Gasteiger partial charge in [-0.25, -0.2) is 4.79 Å². The van der Waals surface area contributed by atoms with Gasteiger partial charge in [0.1, 0.15) is 12.6 Å². The van der Waals surface area contributed by atoms with Gasteiger partial charge in [0.05, 0.1) is 24.0 Å². The van der Waals surface area contributed by atoms with E-state index in [9.17, 15) is 24.3 Å². The lowest BCUT2D eigenvalue weighted by atomic mass is 9.68. The average Bonchev–Trinajstić information content (AvgIpc) is 3.71. The van der Waals surface area contributed by atoms with Crippen molar-refractivity contribution in [1.29, 1.82) is 0 Å². The van der Waals surface area contributed by atoms with Crippen LogP contribution in [0.4, 0.5) is 0 Å². The first-order chi connectivity index (χ1) is 20.2. The molecule has 2 saturated carbocycles. The summed E-state index contributed by atoms with van der Waals surface area (Å²) >= 11 is 2.79. The number of carbonyl (C=O) groups excluding carboxylic acids is 2. The van der Waals surface area contributed by atoms with E-state index in [4.69, 9.17) is 9.47 Å². The second-order valence-corrected chi connectivity index (χ2v) is 13.9. The summed E-state index contributed by atoms with van der Waals surface area (Å²) in [6, 6.07) is 12.8. The highest BCUT2D eigenvalue weighted by Gasteiger charge is 2.70. The number of nitrogens with zero attached hydrogens (tertiary/aromatic N) is 1. The Morgan fingerprint density at radius 1 is 1.07 bits per heavy atom. The number of imide groups is 1. The van der Waals surface area contributed by atoms with Gasteiger partial charge >= 0.3 is 10.8 Å². The smallest absolute Gasteiger partial charge is 0.326 e. The Kier molecular flexibility index (Phi) is 6.50. The zero-order valence-corrected chi connectivity index (χ0v) is 24.9. The number of amides is 2. The minimum Gasteiger partial charge on any atom is -0.493 e. The minimum absolute atomic E-state index is 0.000988. The van der Waals surface area contributed by atoms with Crippen LogP contribution in [0.25, 0.3) is 0 Å². The van der Waals surface area contributed by atoms with Gasteiger partial charge in [0.2, 0.25) is 11.8 Å². The maximum atomic E-state index is 13.6. The molecule has 7 rings (SSSR count). The molecule has 8 atom stereocenters. The van der Waals surface area contributed by atoms with E-state index < -0.39 is 23.8 Å². The van der Waals surface area contributed by atoms with Crippen molar-refractivity contribution in [3.63, 3.8) is 0 Å². The maximum absolute atomic E-state index is 13.6. The third kappa shape index (κ3) is 4.04. The lowest BCUT2D eigenvalue weighted by Gasteiger charge is -2.43. The van der Waals surface area contributed by atoms with Gasteiger partial charge in [-0.15, -0.1) is 11.8 Å². The van der Waals surface area contributed by atoms with Crippen molar-refractivity contribution in [1.82, 2.24) is 9.88 Å². The molecule has 9 nitrogen and oxygen atoms in total. The molecule has 2 amide bonds. The van der Waals surface area contributed by atoms with Gasteiger partial charge < -0.3 is 19.6 Å². The third-order valence-electron chi connectivity index (χ3n) is 9.56. The van der Waals surface area contributed by atoms with E-state index in [0.717, 1.165) is 32.4 Å². The highest BCUT2D eigenvalue weighted by Crippen LogP contribution is 2.68. The van der Waals surface area contributed by atoms with Crippen LogP contribution in [-0.2, 0) is 21.0 Å². The SMILES string of the molecule is COc1cc([C@H]2c3sc(=O)[nH]c3SC3C4CC(C5C(=O)N(C(C)C(=O)O)C(=O)C45)C32)ccc1OCc1ccc(C)cc1. The standard InChI is InChI=1S/C31H30N2O7S2/c1-13-4-6-15(7-5-13)12-40-19-9-8-16(10-20(19)39-3)21-22-17-11-18(25(22)41-27-26(21)42-31(38)32-27)24-23(17)28(34)33(29(24)35)14(2)30(36)37/h4-10,14,17-18,21-25H,11-12H2,1-3H3,(H,32,38)(H,36,37)/t14?,17?,18?,21-,22?,23?,24?,25?/m1/s1. The summed E-state index contributed by atoms with van der Waals surface area (Å²) in [5, 5.41) is 10.4. The molecule has 3 fully saturated rings. The zero-order chi connectivity index (χ0) is 29.4. The second kappa shape index (κ2) is 10.0. The molecule has 2 aliphatic carbocycles. The van der Waals surface area contributed by atoms with Crippen LogP contribution < -0.4 is 14.3 Å². The molecule has 3 heterocycles. The quantitative estimate of drug-likeness (QED) is 0.382. The van der Waals surface area contributed by atoms with E-state index in [1.807, 2.05) is 49.4 Å². The van der Waals surface area contributed by atoms with Crippen LogP contribution in [0.15, 0.2) is 52.3 Å². The van der Waals surface area contributed by atoms with Crippen LogP contribution >= 0.6 is 23.1 Å². The minimum atomic E-state index is -1.20. The summed E-state index contributed by atoms with van der Waals surface area (Å²) in [5.74, 6) is -2.16. The molecule has 2 aliphatic heterocycles. The molecule has 42 heavy (non-hydrogen) atoms. The van der Waals surface area contributed by atoms with Gasteiger partial charge in [-0.05, 0) is 61.3 Å². The topological polar surface area (TPSA) is 126 Å². The fourth-order valence-corrected chi connectivity index (χ4v) is 10.6. The van der Waals surface area contributed by atoms with Crippen LogP contribution in [0, 0.1) is 36.5 Å². The fraction of sp³-hybridized carbons (Fsp3) is 0.419. The van der Waals surface area contributed by atoms with Crippen molar-refractivity contribution in [2.24, 2.45) is 29.6 Å². The van der Waals surface area contributed by atoms with Gasteiger partial charge in [0, 0.05) is 16.0 Å². The number of aliphatic carboxylic acids is 1. The Morgan fingerprint density at radius 3 is 2.48 bits per heavy atom. The monoisotopic (exact) mass is 606 g/mol. The number of thiazole rings is 1. The van der Waals surface area contributed by atoms with E-state index in [1.165, 1.54) is 23.8 Å². The van der Waals surface area contributed by atoms with Crippen molar-refractivity contribution < 1.29 is 29.0 Å². The molecule has 2 N–H and O–H groups in total. The first kappa shape index (κ1) is 27.3.